The van der Waals surface area contributed by atoms with Gasteiger partial charge in [0.15, 0.2) is 12.4 Å². The van der Waals surface area contributed by atoms with Gasteiger partial charge in [-0.15, -0.1) is 11.8 Å². The zero-order chi connectivity index (χ0) is 17.1. The minimum absolute atomic E-state index is 0.00144. The second kappa shape index (κ2) is 6.97. The number of amides is 1. The van der Waals surface area contributed by atoms with Crippen LogP contribution in [0.4, 0.5) is 5.69 Å². The molecule has 0 fully saturated rings. The van der Waals surface area contributed by atoms with Gasteiger partial charge in [0, 0.05) is 10.5 Å². The number of anilines is 1. The lowest BCUT2D eigenvalue weighted by molar-refractivity contribution is -0.118. The number of ether oxygens (including phenoxy) is 2. The first kappa shape index (κ1) is 16.4. The summed E-state index contributed by atoms with van der Waals surface area (Å²) in [7, 11) is 1.62. The van der Waals surface area contributed by atoms with Gasteiger partial charge in [-0.1, -0.05) is 0 Å². The molecule has 1 heterocycles. The zero-order valence-corrected chi connectivity index (χ0v) is 14.2. The fourth-order valence-corrected chi connectivity index (χ4v) is 3.33. The van der Waals surface area contributed by atoms with E-state index >= 15 is 0 Å². The van der Waals surface area contributed by atoms with E-state index in [1.165, 1.54) is 11.8 Å². The molecule has 1 unspecified atom stereocenters. The molecule has 124 valence electrons. The smallest absolute Gasteiger partial charge is 0.262 e. The van der Waals surface area contributed by atoms with Crippen LogP contribution < -0.4 is 14.8 Å². The van der Waals surface area contributed by atoms with Crippen molar-refractivity contribution in [3.8, 4) is 11.5 Å². The fourth-order valence-electron chi connectivity index (χ4n) is 2.38. The highest BCUT2D eigenvalue weighted by Gasteiger charge is 2.21. The van der Waals surface area contributed by atoms with Gasteiger partial charge in [-0.05, 0) is 49.4 Å². The van der Waals surface area contributed by atoms with Gasteiger partial charge in [-0.3, -0.25) is 9.59 Å². The first-order valence-corrected chi connectivity index (χ1v) is 8.36. The number of hydrogen-bond acceptors (Lipinski definition) is 5. The van der Waals surface area contributed by atoms with E-state index in [2.05, 4.69) is 5.32 Å². The number of thioether (sulfide) groups is 1. The minimum atomic E-state index is -0.253. The van der Waals surface area contributed by atoms with E-state index in [1.807, 2.05) is 31.2 Å². The maximum atomic E-state index is 12.6. The quantitative estimate of drug-likeness (QED) is 0.666. The highest BCUT2D eigenvalue weighted by molar-refractivity contribution is 8.00. The first-order chi connectivity index (χ1) is 11.6. The summed E-state index contributed by atoms with van der Waals surface area (Å²) >= 11 is 1.48. The van der Waals surface area contributed by atoms with Crippen molar-refractivity contribution >= 4 is 29.1 Å². The molecule has 0 bridgehead atoms. The molecule has 3 rings (SSSR count). The van der Waals surface area contributed by atoms with Gasteiger partial charge >= 0.3 is 0 Å². The standard InChI is InChI=1S/C18H17NO4S/c1-11(24-14-6-4-13(22-2)5-7-14)18(21)12-3-8-16-15(9-12)19-17(20)10-23-16/h3-9,11H,10H2,1-2H3,(H,19,20). The molecular weight excluding hydrogens is 326 g/mol. The monoisotopic (exact) mass is 343 g/mol. The molecule has 6 heteroatoms. The lowest BCUT2D eigenvalue weighted by atomic mass is 10.1. The maximum Gasteiger partial charge on any atom is 0.262 e. The second-order valence-corrected chi connectivity index (χ2v) is 6.76. The molecule has 0 saturated carbocycles. The molecule has 1 atom stereocenters. The molecule has 1 N–H and O–H groups in total. The van der Waals surface area contributed by atoms with Crippen LogP contribution in [0.15, 0.2) is 47.4 Å². The summed E-state index contributed by atoms with van der Waals surface area (Å²) < 4.78 is 10.4. The molecule has 1 amide bonds. The van der Waals surface area contributed by atoms with Crippen molar-refractivity contribution in [2.24, 2.45) is 0 Å². The lowest BCUT2D eigenvalue weighted by Crippen LogP contribution is -2.25. The summed E-state index contributed by atoms with van der Waals surface area (Å²) in [5, 5.41) is 2.47. The van der Waals surface area contributed by atoms with Gasteiger partial charge in [-0.25, -0.2) is 0 Å². The lowest BCUT2D eigenvalue weighted by Gasteiger charge is -2.19. The third kappa shape index (κ3) is 3.54. The van der Waals surface area contributed by atoms with Crippen molar-refractivity contribution in [2.75, 3.05) is 19.0 Å². The van der Waals surface area contributed by atoms with E-state index in [0.717, 1.165) is 10.6 Å². The van der Waals surface area contributed by atoms with E-state index in [0.29, 0.717) is 17.0 Å². The van der Waals surface area contributed by atoms with Crippen LogP contribution in [0, 0.1) is 0 Å². The number of benzene rings is 2. The van der Waals surface area contributed by atoms with Crippen molar-refractivity contribution < 1.29 is 19.1 Å². The molecular formula is C18H17NO4S. The summed E-state index contributed by atoms with van der Waals surface area (Å²) in [6.45, 7) is 1.87. The van der Waals surface area contributed by atoms with E-state index in [9.17, 15) is 9.59 Å². The Morgan fingerprint density at radius 3 is 2.71 bits per heavy atom. The number of ketones is 1. The molecule has 0 saturated heterocycles. The van der Waals surface area contributed by atoms with Crippen LogP contribution in [0.2, 0.25) is 0 Å². The fraction of sp³-hybridized carbons (Fsp3) is 0.222. The van der Waals surface area contributed by atoms with Crippen molar-refractivity contribution in [1.82, 2.24) is 0 Å². The van der Waals surface area contributed by atoms with Crippen LogP contribution in [0.25, 0.3) is 0 Å². The Bertz CT molecular complexity index is 773. The Balaban J connectivity index is 1.73. The second-order valence-electron chi connectivity index (χ2n) is 5.35. The Morgan fingerprint density at radius 1 is 1.25 bits per heavy atom. The van der Waals surface area contributed by atoms with Crippen LogP contribution in [-0.2, 0) is 4.79 Å². The van der Waals surface area contributed by atoms with Crippen LogP contribution in [-0.4, -0.2) is 30.7 Å². The van der Waals surface area contributed by atoms with Gasteiger partial charge in [-0.2, -0.15) is 0 Å². The van der Waals surface area contributed by atoms with Crippen molar-refractivity contribution in [1.29, 1.82) is 0 Å². The number of fused-ring (bicyclic) bond motifs is 1. The molecule has 0 spiro atoms. The number of hydrogen-bond donors (Lipinski definition) is 1. The average Bonchev–Trinajstić information content (AvgIpc) is 2.61. The highest BCUT2D eigenvalue weighted by atomic mass is 32.2. The molecule has 1 aliphatic rings. The van der Waals surface area contributed by atoms with E-state index in [1.54, 1.807) is 25.3 Å². The van der Waals surface area contributed by atoms with Crippen molar-refractivity contribution in [3.05, 3.63) is 48.0 Å². The molecule has 24 heavy (non-hydrogen) atoms. The van der Waals surface area contributed by atoms with E-state index in [4.69, 9.17) is 9.47 Å². The van der Waals surface area contributed by atoms with Crippen LogP contribution >= 0.6 is 11.8 Å². The van der Waals surface area contributed by atoms with Crippen LogP contribution in [0.5, 0.6) is 11.5 Å². The molecule has 0 radical (unpaired) electrons. The number of carbonyl (C=O) groups excluding carboxylic acids is 2. The molecule has 0 aliphatic carbocycles. The highest BCUT2D eigenvalue weighted by Crippen LogP contribution is 2.31. The normalized spacial score (nSPS) is 14.2. The third-order valence-electron chi connectivity index (χ3n) is 3.64. The molecule has 1 aliphatic heterocycles. The number of methoxy groups -OCH3 is 1. The first-order valence-electron chi connectivity index (χ1n) is 7.48. The van der Waals surface area contributed by atoms with Crippen molar-refractivity contribution in [2.45, 2.75) is 17.1 Å². The van der Waals surface area contributed by atoms with E-state index in [-0.39, 0.29) is 23.5 Å². The third-order valence-corrected chi connectivity index (χ3v) is 4.75. The van der Waals surface area contributed by atoms with Gasteiger partial charge in [0.2, 0.25) is 0 Å². The summed E-state index contributed by atoms with van der Waals surface area (Å²) in [5.74, 6) is 1.15. The number of rotatable bonds is 5. The predicted octanol–water partition coefficient (Wildman–Crippen LogP) is 3.39. The summed E-state index contributed by atoms with van der Waals surface area (Å²) in [5.41, 5.74) is 1.09. The van der Waals surface area contributed by atoms with Gasteiger partial charge in [0.1, 0.15) is 11.5 Å². The van der Waals surface area contributed by atoms with Gasteiger partial charge in [0.05, 0.1) is 18.0 Å². The molecule has 2 aromatic carbocycles. The van der Waals surface area contributed by atoms with Gasteiger partial charge < -0.3 is 14.8 Å². The summed E-state index contributed by atoms with van der Waals surface area (Å²) in [6, 6.07) is 12.7. The Hall–Kier alpha value is -2.47. The average molecular weight is 343 g/mol. The maximum absolute atomic E-state index is 12.6. The predicted molar refractivity (Wildman–Crippen MR) is 93.2 cm³/mol. The molecule has 2 aromatic rings. The van der Waals surface area contributed by atoms with Crippen LogP contribution in [0.1, 0.15) is 17.3 Å². The van der Waals surface area contributed by atoms with Gasteiger partial charge in [0.25, 0.3) is 5.91 Å². The SMILES string of the molecule is COc1ccc(SC(C)C(=O)c2ccc3c(c2)NC(=O)CO3)cc1. The Labute approximate surface area is 144 Å². The zero-order valence-electron chi connectivity index (χ0n) is 13.4. The number of Topliss-reactive ketones (excluding diaryl/α,β-unsaturated/α-hetero) is 1. The van der Waals surface area contributed by atoms with E-state index < -0.39 is 0 Å². The molecule has 0 aromatic heterocycles. The Kier molecular flexibility index (Phi) is 4.76. The topological polar surface area (TPSA) is 64.6 Å². The van der Waals surface area contributed by atoms with Crippen LogP contribution in [0.3, 0.4) is 0 Å². The minimum Gasteiger partial charge on any atom is -0.497 e. The number of carbonyl (C=O) groups is 2. The summed E-state index contributed by atoms with van der Waals surface area (Å²) in [6.07, 6.45) is 0. The largest absolute Gasteiger partial charge is 0.497 e. The van der Waals surface area contributed by atoms with Crippen molar-refractivity contribution in [3.63, 3.8) is 0 Å². The molecule has 5 nitrogen and oxygen atoms in total. The number of nitrogens with one attached hydrogen (secondary N) is 1. The summed E-state index contributed by atoms with van der Waals surface area (Å²) in [4.78, 5) is 25.0. The Morgan fingerprint density at radius 2 is 2.00 bits per heavy atom.